The number of halogens is 4. The van der Waals surface area contributed by atoms with Gasteiger partial charge in [0, 0.05) is 16.7 Å². The fraction of sp³-hybridized carbons (Fsp3) is 0.417. The minimum atomic E-state index is -4.43. The maximum atomic E-state index is 12.0. The summed E-state index contributed by atoms with van der Waals surface area (Å²) in [6, 6.07) is 4.31. The molecular formula is C12H15BrF3N3O. The average molecular weight is 354 g/mol. The third-order valence-electron chi connectivity index (χ3n) is 2.16. The third kappa shape index (κ3) is 6.76. The molecule has 0 saturated heterocycles. The van der Waals surface area contributed by atoms with E-state index in [1.165, 1.54) is 0 Å². The fourth-order valence-corrected chi connectivity index (χ4v) is 2.08. The largest absolute Gasteiger partial charge is 0.405 e. The van der Waals surface area contributed by atoms with Gasteiger partial charge in [-0.2, -0.15) is 13.2 Å². The van der Waals surface area contributed by atoms with E-state index in [2.05, 4.69) is 21.2 Å². The number of urea groups is 1. The molecule has 1 rings (SSSR count). The van der Waals surface area contributed by atoms with Gasteiger partial charge in [-0.3, -0.25) is 0 Å². The van der Waals surface area contributed by atoms with Crippen molar-refractivity contribution in [2.24, 2.45) is 0 Å². The lowest BCUT2D eigenvalue weighted by Crippen LogP contribution is -2.36. The Kier molecular flexibility index (Phi) is 5.82. The highest BCUT2D eigenvalue weighted by Gasteiger charge is 2.27. The fourth-order valence-electron chi connectivity index (χ4n) is 1.53. The number of rotatable bonds is 4. The highest BCUT2D eigenvalue weighted by atomic mass is 79.9. The van der Waals surface area contributed by atoms with Gasteiger partial charge in [-0.25, -0.2) is 4.79 Å². The lowest BCUT2D eigenvalue weighted by molar-refractivity contribution is -0.122. The topological polar surface area (TPSA) is 44.4 Å². The molecule has 0 aromatic heterocycles. The van der Waals surface area contributed by atoms with Gasteiger partial charge in [0.2, 0.25) is 0 Å². The Labute approximate surface area is 123 Å². The molecule has 20 heavy (non-hydrogen) atoms. The lowest BCUT2D eigenvalue weighted by Gasteiger charge is -2.13. The number of hydrogen-bond donors (Lipinski definition) is 2. The van der Waals surface area contributed by atoms with Gasteiger partial charge in [-0.15, -0.1) is 0 Å². The molecule has 0 spiro atoms. The van der Waals surface area contributed by atoms with Gasteiger partial charge in [-0.05, 0) is 37.9 Å². The molecule has 0 aliphatic rings. The zero-order valence-corrected chi connectivity index (χ0v) is 12.6. The summed E-state index contributed by atoms with van der Waals surface area (Å²) in [6.45, 7) is -0.713. The number of alkyl halides is 3. The minimum Gasteiger partial charge on any atom is -0.329 e. The Bertz CT molecular complexity index is 478. The number of amides is 2. The molecule has 2 N–H and O–H groups in total. The zero-order chi connectivity index (χ0) is 15.3. The highest BCUT2D eigenvalue weighted by molar-refractivity contribution is 9.10. The zero-order valence-electron chi connectivity index (χ0n) is 11.0. The molecule has 0 aliphatic carbocycles. The van der Waals surface area contributed by atoms with E-state index in [0.717, 1.165) is 10.0 Å². The van der Waals surface area contributed by atoms with E-state index in [4.69, 9.17) is 0 Å². The Balaban J connectivity index is 2.67. The Morgan fingerprint density at radius 1 is 1.30 bits per heavy atom. The first-order valence-electron chi connectivity index (χ1n) is 5.71. The van der Waals surface area contributed by atoms with Gasteiger partial charge in [0.1, 0.15) is 6.54 Å². The van der Waals surface area contributed by atoms with Gasteiger partial charge >= 0.3 is 12.2 Å². The van der Waals surface area contributed by atoms with Crippen LogP contribution in [0, 0.1) is 0 Å². The number of hydrogen-bond acceptors (Lipinski definition) is 2. The normalized spacial score (nSPS) is 11.6. The molecule has 1 aromatic carbocycles. The van der Waals surface area contributed by atoms with Gasteiger partial charge in [0.05, 0.1) is 0 Å². The molecule has 8 heteroatoms. The average Bonchev–Trinajstić information content (AvgIpc) is 2.23. The van der Waals surface area contributed by atoms with E-state index < -0.39 is 18.8 Å². The van der Waals surface area contributed by atoms with Crippen molar-refractivity contribution in [3.05, 3.63) is 28.2 Å². The van der Waals surface area contributed by atoms with E-state index in [1.54, 1.807) is 17.4 Å². The Morgan fingerprint density at radius 2 is 1.95 bits per heavy atom. The minimum absolute atomic E-state index is 0.427. The lowest BCUT2D eigenvalue weighted by atomic mass is 10.2. The summed E-state index contributed by atoms with van der Waals surface area (Å²) < 4.78 is 36.7. The maximum absolute atomic E-state index is 12.0. The summed E-state index contributed by atoms with van der Waals surface area (Å²) in [7, 11) is 3.79. The first-order valence-corrected chi connectivity index (χ1v) is 6.51. The first-order chi connectivity index (χ1) is 9.15. The predicted octanol–water partition coefficient (Wildman–Crippen LogP) is 3.19. The van der Waals surface area contributed by atoms with Gasteiger partial charge in [0.15, 0.2) is 0 Å². The smallest absolute Gasteiger partial charge is 0.329 e. The van der Waals surface area contributed by atoms with Crippen molar-refractivity contribution in [3.8, 4) is 0 Å². The molecule has 1 aromatic rings. The van der Waals surface area contributed by atoms with Crippen molar-refractivity contribution in [1.29, 1.82) is 0 Å². The number of anilines is 1. The summed E-state index contributed by atoms with van der Waals surface area (Å²) in [5, 5.41) is 4.12. The third-order valence-corrected chi connectivity index (χ3v) is 2.62. The quantitative estimate of drug-likeness (QED) is 0.872. The second kappa shape index (κ2) is 6.94. The number of nitrogens with zero attached hydrogens (tertiary/aromatic N) is 1. The monoisotopic (exact) mass is 353 g/mol. The van der Waals surface area contributed by atoms with Gasteiger partial charge in [0.25, 0.3) is 0 Å². The molecule has 0 bridgehead atoms. The number of nitrogens with one attached hydrogen (secondary N) is 2. The molecular weight excluding hydrogens is 339 g/mol. The molecule has 0 fully saturated rings. The summed E-state index contributed by atoms with van der Waals surface area (Å²) >= 11 is 3.29. The van der Waals surface area contributed by atoms with Crippen LogP contribution in [0.4, 0.5) is 23.7 Å². The van der Waals surface area contributed by atoms with Crippen LogP contribution in [0.25, 0.3) is 0 Å². The molecule has 0 radical (unpaired) electrons. The predicted molar refractivity (Wildman–Crippen MR) is 74.6 cm³/mol. The van der Waals surface area contributed by atoms with E-state index in [0.29, 0.717) is 12.2 Å². The number of benzene rings is 1. The molecule has 2 amide bonds. The van der Waals surface area contributed by atoms with Crippen LogP contribution < -0.4 is 10.6 Å². The standard InChI is InChI=1S/C12H15BrF3N3O/c1-19(2)6-8-3-9(13)5-10(4-8)18-11(20)17-7-12(14,15)16/h3-5H,6-7H2,1-2H3,(H2,17,18,20). The second-order valence-corrected chi connectivity index (χ2v) is 5.42. The van der Waals surface area contributed by atoms with Crippen LogP contribution in [-0.2, 0) is 6.54 Å². The molecule has 0 aliphatic heterocycles. The summed E-state index contributed by atoms with van der Waals surface area (Å²) in [5.41, 5.74) is 1.35. The first kappa shape index (κ1) is 16.8. The van der Waals surface area contributed by atoms with Gasteiger partial charge in [-0.1, -0.05) is 15.9 Å². The van der Waals surface area contributed by atoms with Crippen molar-refractivity contribution in [1.82, 2.24) is 10.2 Å². The van der Waals surface area contributed by atoms with Crippen LogP contribution in [0.5, 0.6) is 0 Å². The molecule has 112 valence electrons. The maximum Gasteiger partial charge on any atom is 0.405 e. The molecule has 4 nitrogen and oxygen atoms in total. The molecule has 0 atom stereocenters. The molecule has 0 unspecified atom stereocenters. The molecule has 0 heterocycles. The Hall–Kier alpha value is -1.28. The highest BCUT2D eigenvalue weighted by Crippen LogP contribution is 2.20. The van der Waals surface area contributed by atoms with E-state index in [9.17, 15) is 18.0 Å². The summed E-state index contributed by atoms with van der Waals surface area (Å²) in [5.74, 6) is 0. The van der Waals surface area contributed by atoms with Crippen molar-refractivity contribution in [2.75, 3.05) is 26.0 Å². The van der Waals surface area contributed by atoms with E-state index >= 15 is 0 Å². The van der Waals surface area contributed by atoms with Crippen molar-refractivity contribution in [2.45, 2.75) is 12.7 Å². The van der Waals surface area contributed by atoms with Crippen LogP contribution in [0.1, 0.15) is 5.56 Å². The SMILES string of the molecule is CN(C)Cc1cc(Br)cc(NC(=O)NCC(F)(F)F)c1. The van der Waals surface area contributed by atoms with Gasteiger partial charge < -0.3 is 15.5 Å². The second-order valence-electron chi connectivity index (χ2n) is 4.51. The molecule has 0 saturated carbocycles. The van der Waals surface area contributed by atoms with Crippen LogP contribution in [0.3, 0.4) is 0 Å². The van der Waals surface area contributed by atoms with E-state index in [-0.39, 0.29) is 0 Å². The Morgan fingerprint density at radius 3 is 2.50 bits per heavy atom. The summed E-state index contributed by atoms with van der Waals surface area (Å²) in [4.78, 5) is 13.3. The van der Waals surface area contributed by atoms with Crippen molar-refractivity contribution in [3.63, 3.8) is 0 Å². The van der Waals surface area contributed by atoms with Crippen LogP contribution in [-0.4, -0.2) is 37.7 Å². The summed E-state index contributed by atoms with van der Waals surface area (Å²) in [6.07, 6.45) is -4.43. The number of carbonyl (C=O) groups is 1. The van der Waals surface area contributed by atoms with Crippen LogP contribution in [0.15, 0.2) is 22.7 Å². The van der Waals surface area contributed by atoms with Crippen molar-refractivity contribution >= 4 is 27.6 Å². The van der Waals surface area contributed by atoms with E-state index in [1.807, 2.05) is 25.1 Å². The van der Waals surface area contributed by atoms with Crippen LogP contribution >= 0.6 is 15.9 Å². The van der Waals surface area contributed by atoms with Crippen LogP contribution in [0.2, 0.25) is 0 Å². The number of carbonyl (C=O) groups excluding carboxylic acids is 1. The van der Waals surface area contributed by atoms with Crippen molar-refractivity contribution < 1.29 is 18.0 Å².